The minimum atomic E-state index is -0.331. The van der Waals surface area contributed by atoms with Crippen LogP contribution >= 0.6 is 0 Å². The quantitative estimate of drug-likeness (QED) is 0.268. The molecule has 0 aliphatic rings. The molecule has 0 fully saturated rings. The molecule has 33 heavy (non-hydrogen) atoms. The lowest BCUT2D eigenvalue weighted by molar-refractivity contribution is 0.100. The van der Waals surface area contributed by atoms with Gasteiger partial charge in [-0.2, -0.15) is 4.99 Å². The number of hydrogen-bond acceptors (Lipinski definition) is 3. The van der Waals surface area contributed by atoms with Gasteiger partial charge in [-0.3, -0.25) is 4.79 Å². The van der Waals surface area contributed by atoms with Gasteiger partial charge in [0.1, 0.15) is 11.7 Å². The molecule has 0 spiro atoms. The lowest BCUT2D eigenvalue weighted by Gasteiger charge is -2.14. The van der Waals surface area contributed by atoms with Crippen LogP contribution in [-0.2, 0) is 0 Å². The smallest absolute Gasteiger partial charge is 0.278 e. The summed E-state index contributed by atoms with van der Waals surface area (Å²) in [7, 11) is 1.75. The van der Waals surface area contributed by atoms with Crippen LogP contribution in [0.5, 0.6) is 0 Å². The van der Waals surface area contributed by atoms with Crippen LogP contribution in [0, 0.1) is 5.82 Å². The number of anilines is 1. The maximum absolute atomic E-state index is 14.8. The average molecular weight is 442 g/mol. The number of hydrogen-bond donors (Lipinski definition) is 0. The van der Waals surface area contributed by atoms with E-state index in [1.807, 2.05) is 49.4 Å². The maximum Gasteiger partial charge on any atom is 0.278 e. The number of halogens is 1. The van der Waals surface area contributed by atoms with Crippen molar-refractivity contribution < 1.29 is 13.7 Å². The number of amides is 1. The maximum atomic E-state index is 14.8. The molecule has 1 amide bonds. The monoisotopic (exact) mass is 441 g/mol. The number of aliphatic imine (C=N–C) groups is 1. The molecule has 6 heteroatoms. The third-order valence-electron chi connectivity index (χ3n) is 5.64. The van der Waals surface area contributed by atoms with Crippen molar-refractivity contribution >= 4 is 17.6 Å². The van der Waals surface area contributed by atoms with E-state index in [4.69, 9.17) is 4.52 Å². The summed E-state index contributed by atoms with van der Waals surface area (Å²) >= 11 is 0. The van der Waals surface area contributed by atoms with Crippen LogP contribution in [0.1, 0.15) is 41.4 Å². The molecule has 0 radical (unpaired) electrons. The van der Waals surface area contributed by atoms with E-state index in [9.17, 15) is 9.18 Å². The summed E-state index contributed by atoms with van der Waals surface area (Å²) in [5.41, 5.74) is 3.35. The fraction of sp³-hybridized carbons (Fsp3) is 0.148. The summed E-state index contributed by atoms with van der Waals surface area (Å²) in [6.07, 6.45) is 0. The predicted molar refractivity (Wildman–Crippen MR) is 128 cm³/mol. The van der Waals surface area contributed by atoms with Gasteiger partial charge in [0.2, 0.25) is 5.88 Å². The largest absolute Gasteiger partial charge is 0.338 e. The summed E-state index contributed by atoms with van der Waals surface area (Å²) in [5, 5.41) is 4.16. The SMILES string of the molecule is CC(=NC(=O)c1ccccc1)N(C)c1cc(C(C)c2ccc(-c3ccccc3)c(F)c2)no1. The molecule has 0 N–H and O–H groups in total. The van der Waals surface area contributed by atoms with Crippen molar-refractivity contribution in [3.8, 4) is 11.1 Å². The molecule has 0 aliphatic carbocycles. The van der Waals surface area contributed by atoms with Crippen LogP contribution in [0.15, 0.2) is 94.4 Å². The minimum absolute atomic E-state index is 0.182. The van der Waals surface area contributed by atoms with E-state index in [-0.39, 0.29) is 17.6 Å². The molecule has 5 nitrogen and oxygen atoms in total. The molecule has 1 heterocycles. The van der Waals surface area contributed by atoms with Gasteiger partial charge in [-0.15, -0.1) is 0 Å². The number of carbonyl (C=O) groups is 1. The number of rotatable bonds is 5. The minimum Gasteiger partial charge on any atom is -0.338 e. The highest BCUT2D eigenvalue weighted by Gasteiger charge is 2.19. The third-order valence-corrected chi connectivity index (χ3v) is 5.64. The summed E-state index contributed by atoms with van der Waals surface area (Å²) in [6.45, 7) is 3.67. The molecule has 4 aromatic rings. The second-order valence-electron chi connectivity index (χ2n) is 7.81. The molecule has 1 atom stereocenters. The highest BCUT2D eigenvalue weighted by atomic mass is 19.1. The van der Waals surface area contributed by atoms with E-state index in [1.54, 1.807) is 55.3 Å². The number of benzene rings is 3. The normalized spacial score (nSPS) is 12.4. The van der Waals surface area contributed by atoms with Crippen molar-refractivity contribution in [2.75, 3.05) is 11.9 Å². The first-order chi connectivity index (χ1) is 15.9. The highest BCUT2D eigenvalue weighted by molar-refractivity contribution is 6.07. The van der Waals surface area contributed by atoms with Gasteiger partial charge >= 0.3 is 0 Å². The first-order valence-corrected chi connectivity index (χ1v) is 10.6. The fourth-order valence-corrected chi connectivity index (χ4v) is 3.49. The Bertz CT molecular complexity index is 1280. The Morgan fingerprint density at radius 1 is 1.00 bits per heavy atom. The molecule has 0 aliphatic heterocycles. The number of amidine groups is 1. The van der Waals surface area contributed by atoms with E-state index < -0.39 is 0 Å². The molecule has 1 unspecified atom stereocenters. The topological polar surface area (TPSA) is 58.7 Å². The standard InChI is InChI=1S/C27H24FN3O2/c1-18(22-14-15-23(24(28)16-22)20-10-6-4-7-11-20)25-17-26(33-30-25)31(3)19(2)29-27(32)21-12-8-5-9-13-21/h4-18H,1-3H3. The number of carbonyl (C=O) groups excluding carboxylic acids is 1. The van der Waals surface area contributed by atoms with E-state index in [0.717, 1.165) is 11.1 Å². The van der Waals surface area contributed by atoms with E-state index >= 15 is 0 Å². The lowest BCUT2D eigenvalue weighted by Crippen LogP contribution is -2.24. The van der Waals surface area contributed by atoms with Crippen molar-refractivity contribution in [3.05, 3.63) is 108 Å². The Balaban J connectivity index is 1.51. The second-order valence-corrected chi connectivity index (χ2v) is 7.81. The summed E-state index contributed by atoms with van der Waals surface area (Å²) < 4.78 is 20.3. The molecule has 0 bridgehead atoms. The van der Waals surface area contributed by atoms with Gasteiger partial charge in [0.05, 0.1) is 5.69 Å². The third kappa shape index (κ3) is 4.90. The molecule has 0 saturated carbocycles. The zero-order chi connectivity index (χ0) is 23.4. The lowest BCUT2D eigenvalue weighted by atomic mass is 9.95. The van der Waals surface area contributed by atoms with Crippen molar-refractivity contribution in [2.45, 2.75) is 19.8 Å². The first-order valence-electron chi connectivity index (χ1n) is 10.6. The van der Waals surface area contributed by atoms with Crippen LogP contribution in [0.2, 0.25) is 0 Å². The molecule has 0 saturated heterocycles. The zero-order valence-electron chi connectivity index (χ0n) is 18.7. The van der Waals surface area contributed by atoms with Crippen molar-refractivity contribution in [1.82, 2.24) is 5.16 Å². The number of nitrogens with zero attached hydrogens (tertiary/aromatic N) is 3. The molecule has 166 valence electrons. The summed E-state index contributed by atoms with van der Waals surface area (Å²) in [6, 6.07) is 25.3. The summed E-state index contributed by atoms with van der Waals surface area (Å²) in [4.78, 5) is 18.2. The molecule has 4 rings (SSSR count). The highest BCUT2D eigenvalue weighted by Crippen LogP contribution is 2.30. The fourth-order valence-electron chi connectivity index (χ4n) is 3.49. The first kappa shape index (κ1) is 22.1. The number of aromatic nitrogens is 1. The Morgan fingerprint density at radius 3 is 2.33 bits per heavy atom. The Hall–Kier alpha value is -4.06. The van der Waals surface area contributed by atoms with Gasteiger partial charge in [-0.05, 0) is 36.2 Å². The van der Waals surface area contributed by atoms with E-state index in [1.165, 1.54) is 6.07 Å². The molecular weight excluding hydrogens is 417 g/mol. The molecular formula is C27H24FN3O2. The Labute approximate surface area is 192 Å². The van der Waals surface area contributed by atoms with Gasteiger partial charge in [0, 0.05) is 30.2 Å². The van der Waals surface area contributed by atoms with Gasteiger partial charge in [0.25, 0.3) is 5.91 Å². The van der Waals surface area contributed by atoms with Crippen LogP contribution in [0.3, 0.4) is 0 Å². The van der Waals surface area contributed by atoms with Crippen LogP contribution in [0.4, 0.5) is 10.3 Å². The molecule has 3 aromatic carbocycles. The van der Waals surface area contributed by atoms with Crippen LogP contribution in [0.25, 0.3) is 11.1 Å². The van der Waals surface area contributed by atoms with Gasteiger partial charge < -0.3 is 9.42 Å². The predicted octanol–water partition coefficient (Wildman–Crippen LogP) is 6.33. The van der Waals surface area contributed by atoms with Gasteiger partial charge in [0.15, 0.2) is 0 Å². The van der Waals surface area contributed by atoms with Crippen molar-refractivity contribution in [3.63, 3.8) is 0 Å². The van der Waals surface area contributed by atoms with Gasteiger partial charge in [-0.1, -0.05) is 72.7 Å². The van der Waals surface area contributed by atoms with Crippen LogP contribution in [-0.4, -0.2) is 23.9 Å². The zero-order valence-corrected chi connectivity index (χ0v) is 18.7. The summed E-state index contributed by atoms with van der Waals surface area (Å²) in [5.74, 6) is 0.118. The van der Waals surface area contributed by atoms with Gasteiger partial charge in [-0.25, -0.2) is 4.39 Å². The van der Waals surface area contributed by atoms with E-state index in [2.05, 4.69) is 10.1 Å². The van der Waals surface area contributed by atoms with Crippen molar-refractivity contribution in [1.29, 1.82) is 0 Å². The second kappa shape index (κ2) is 9.61. The Kier molecular flexibility index (Phi) is 6.45. The van der Waals surface area contributed by atoms with Crippen molar-refractivity contribution in [2.24, 2.45) is 4.99 Å². The van der Waals surface area contributed by atoms with E-state index in [0.29, 0.717) is 28.5 Å². The average Bonchev–Trinajstić information content (AvgIpc) is 3.34. The van der Waals surface area contributed by atoms with Crippen LogP contribution < -0.4 is 4.90 Å². The molecule has 1 aromatic heterocycles. The Morgan fingerprint density at radius 2 is 1.67 bits per heavy atom.